The van der Waals surface area contributed by atoms with Crippen LogP contribution in [-0.4, -0.2) is 73.0 Å². The lowest BCUT2D eigenvalue weighted by Gasteiger charge is -2.34. The Morgan fingerprint density at radius 3 is 2.43 bits per heavy atom. The molecule has 7 heteroatoms. The number of carbonyl (C=O) groups excluding carboxylic acids is 1. The largest absolute Gasteiger partial charge is 0.357 e. The maximum Gasteiger partial charge on any atom is 0.225 e. The van der Waals surface area contributed by atoms with E-state index in [4.69, 9.17) is 4.99 Å². The molecule has 1 saturated carbocycles. The summed E-state index contributed by atoms with van der Waals surface area (Å²) >= 11 is 0. The van der Waals surface area contributed by atoms with E-state index in [-0.39, 0.29) is 29.9 Å². The van der Waals surface area contributed by atoms with Crippen LogP contribution in [0.2, 0.25) is 0 Å². The van der Waals surface area contributed by atoms with E-state index in [0.717, 1.165) is 57.3 Å². The number of piperidine rings is 1. The molecule has 0 spiro atoms. The van der Waals surface area contributed by atoms with Crippen LogP contribution in [0.3, 0.4) is 0 Å². The average Bonchev–Trinajstić information content (AvgIpc) is 3.21. The van der Waals surface area contributed by atoms with Crippen LogP contribution in [0.5, 0.6) is 0 Å². The number of rotatable bonds is 6. The Kier molecular flexibility index (Phi) is 11.2. The van der Waals surface area contributed by atoms with Crippen molar-refractivity contribution >= 4 is 35.8 Å². The van der Waals surface area contributed by atoms with E-state index in [1.807, 2.05) is 0 Å². The second kappa shape index (κ2) is 13.1. The molecule has 6 nitrogen and oxygen atoms in total. The third-order valence-corrected chi connectivity index (χ3v) is 7.09. The minimum atomic E-state index is 0. The summed E-state index contributed by atoms with van der Waals surface area (Å²) in [4.78, 5) is 22.4. The average molecular weight is 534 g/mol. The maximum absolute atomic E-state index is 12.8. The number of halogens is 1. The highest BCUT2D eigenvalue weighted by Gasteiger charge is 2.31. The fourth-order valence-electron chi connectivity index (χ4n) is 5.01. The Balaban J connectivity index is 0.00000320. The van der Waals surface area contributed by atoms with E-state index >= 15 is 0 Å². The van der Waals surface area contributed by atoms with E-state index < -0.39 is 0 Å². The molecule has 2 heterocycles. The zero-order valence-corrected chi connectivity index (χ0v) is 21.7. The summed E-state index contributed by atoms with van der Waals surface area (Å²) in [7, 11) is 0. The molecule has 2 aliphatic heterocycles. The third kappa shape index (κ3) is 7.53. The van der Waals surface area contributed by atoms with Crippen LogP contribution in [0.1, 0.15) is 72.1 Å². The number of guanidine groups is 1. The lowest BCUT2D eigenvalue weighted by Crippen LogP contribution is -2.46. The van der Waals surface area contributed by atoms with Crippen LogP contribution in [0.4, 0.5) is 0 Å². The molecule has 0 aromatic rings. The van der Waals surface area contributed by atoms with Crippen molar-refractivity contribution in [3.05, 3.63) is 0 Å². The smallest absolute Gasteiger partial charge is 0.225 e. The van der Waals surface area contributed by atoms with Crippen LogP contribution in [-0.2, 0) is 4.79 Å². The zero-order chi connectivity index (χ0) is 20.6. The number of likely N-dealkylation sites (tertiary alicyclic amines) is 2. The number of carbonyl (C=O) groups is 1. The van der Waals surface area contributed by atoms with E-state index in [1.165, 1.54) is 45.2 Å². The third-order valence-electron chi connectivity index (χ3n) is 7.09. The van der Waals surface area contributed by atoms with Crippen molar-refractivity contribution in [3.63, 3.8) is 0 Å². The SMILES string of the molecule is CCNC(=NCC(C)N1CCC(C)CC1)NC1CCN(C(=O)C2CCCCC2)C1.I. The number of hydrogen-bond donors (Lipinski definition) is 2. The van der Waals surface area contributed by atoms with Gasteiger partial charge in [-0.05, 0) is 65.0 Å². The van der Waals surface area contributed by atoms with Crippen LogP contribution in [0, 0.1) is 11.8 Å². The molecule has 0 radical (unpaired) electrons. The Morgan fingerprint density at radius 2 is 1.77 bits per heavy atom. The van der Waals surface area contributed by atoms with Gasteiger partial charge in [0.25, 0.3) is 0 Å². The number of amides is 1. The number of nitrogens with zero attached hydrogens (tertiary/aromatic N) is 3. The van der Waals surface area contributed by atoms with Crippen molar-refractivity contribution in [2.45, 2.75) is 84.2 Å². The van der Waals surface area contributed by atoms with E-state index in [1.54, 1.807) is 0 Å². The van der Waals surface area contributed by atoms with Crippen LogP contribution in [0.15, 0.2) is 4.99 Å². The fourth-order valence-corrected chi connectivity index (χ4v) is 5.01. The first-order chi connectivity index (χ1) is 14.1. The second-order valence-corrected chi connectivity index (χ2v) is 9.54. The van der Waals surface area contributed by atoms with E-state index in [9.17, 15) is 4.79 Å². The van der Waals surface area contributed by atoms with Gasteiger partial charge in [0, 0.05) is 37.6 Å². The van der Waals surface area contributed by atoms with Gasteiger partial charge < -0.3 is 15.5 Å². The monoisotopic (exact) mass is 533 g/mol. The highest BCUT2D eigenvalue weighted by molar-refractivity contribution is 14.0. The first-order valence-corrected chi connectivity index (χ1v) is 12.1. The molecule has 2 atom stereocenters. The lowest BCUT2D eigenvalue weighted by atomic mass is 9.88. The van der Waals surface area contributed by atoms with Crippen molar-refractivity contribution in [1.82, 2.24) is 20.4 Å². The molecule has 3 aliphatic rings. The molecule has 1 aliphatic carbocycles. The molecule has 0 bridgehead atoms. The Bertz CT molecular complexity index is 544. The molecule has 0 aromatic heterocycles. The summed E-state index contributed by atoms with van der Waals surface area (Å²) in [5.74, 6) is 2.44. The zero-order valence-electron chi connectivity index (χ0n) is 19.4. The van der Waals surface area contributed by atoms with Crippen molar-refractivity contribution < 1.29 is 4.79 Å². The van der Waals surface area contributed by atoms with E-state index in [0.29, 0.717) is 18.0 Å². The van der Waals surface area contributed by atoms with Gasteiger partial charge in [0.05, 0.1) is 6.54 Å². The predicted molar refractivity (Wildman–Crippen MR) is 136 cm³/mol. The molecule has 3 fully saturated rings. The predicted octanol–water partition coefficient (Wildman–Crippen LogP) is 3.46. The summed E-state index contributed by atoms with van der Waals surface area (Å²) < 4.78 is 0. The standard InChI is InChI=1S/C23H43N5O.HI/c1-4-24-23(25-16-19(3)27-13-10-18(2)11-14-27)26-21-12-15-28(17-21)22(29)20-8-6-5-7-9-20;/h18-21H,4-17H2,1-3H3,(H2,24,25,26);1H. The first kappa shape index (κ1) is 25.7. The van der Waals surface area contributed by atoms with Gasteiger partial charge in [0.2, 0.25) is 5.91 Å². The van der Waals surface area contributed by atoms with Crippen LogP contribution < -0.4 is 10.6 Å². The Hall–Kier alpha value is -0.570. The van der Waals surface area contributed by atoms with Crippen molar-refractivity contribution in [2.75, 3.05) is 39.3 Å². The summed E-state index contributed by atoms with van der Waals surface area (Å²) in [6.07, 6.45) is 9.54. The number of nitrogens with one attached hydrogen (secondary N) is 2. The van der Waals surface area contributed by atoms with Crippen molar-refractivity contribution in [3.8, 4) is 0 Å². The highest BCUT2D eigenvalue weighted by atomic mass is 127. The fraction of sp³-hybridized carbons (Fsp3) is 0.913. The highest BCUT2D eigenvalue weighted by Crippen LogP contribution is 2.26. The lowest BCUT2D eigenvalue weighted by molar-refractivity contribution is -0.135. The maximum atomic E-state index is 12.8. The number of hydrogen-bond acceptors (Lipinski definition) is 3. The van der Waals surface area contributed by atoms with Gasteiger partial charge in [0.1, 0.15) is 0 Å². The molecule has 2 N–H and O–H groups in total. The molecule has 0 aromatic carbocycles. The second-order valence-electron chi connectivity index (χ2n) is 9.54. The molecule has 30 heavy (non-hydrogen) atoms. The first-order valence-electron chi connectivity index (χ1n) is 12.1. The Morgan fingerprint density at radius 1 is 1.07 bits per heavy atom. The van der Waals surface area contributed by atoms with Gasteiger partial charge >= 0.3 is 0 Å². The van der Waals surface area contributed by atoms with Gasteiger partial charge in [-0.15, -0.1) is 24.0 Å². The topological polar surface area (TPSA) is 60.0 Å². The Labute approximate surface area is 201 Å². The molecule has 2 unspecified atom stereocenters. The van der Waals surface area contributed by atoms with Gasteiger partial charge in [-0.1, -0.05) is 26.2 Å². The molecule has 1 amide bonds. The van der Waals surface area contributed by atoms with Crippen molar-refractivity contribution in [1.29, 1.82) is 0 Å². The quantitative estimate of drug-likeness (QED) is 0.312. The molecular weight excluding hydrogens is 489 g/mol. The summed E-state index contributed by atoms with van der Waals surface area (Å²) in [6, 6.07) is 0.789. The summed E-state index contributed by atoms with van der Waals surface area (Å²) in [5.41, 5.74) is 0. The minimum absolute atomic E-state index is 0. The van der Waals surface area contributed by atoms with Gasteiger partial charge in [-0.2, -0.15) is 0 Å². The van der Waals surface area contributed by atoms with Crippen LogP contribution in [0.25, 0.3) is 0 Å². The molecular formula is C23H44IN5O. The normalized spacial score (nSPS) is 25.6. The summed E-state index contributed by atoms with van der Waals surface area (Å²) in [6.45, 7) is 12.5. The van der Waals surface area contributed by atoms with Gasteiger partial charge in [-0.3, -0.25) is 14.7 Å². The number of aliphatic imine (C=N–C) groups is 1. The van der Waals surface area contributed by atoms with Crippen molar-refractivity contribution in [2.24, 2.45) is 16.8 Å². The summed E-state index contributed by atoms with van der Waals surface area (Å²) in [5, 5.41) is 7.00. The van der Waals surface area contributed by atoms with E-state index in [2.05, 4.69) is 41.2 Å². The molecule has 174 valence electrons. The van der Waals surface area contributed by atoms with Crippen LogP contribution >= 0.6 is 24.0 Å². The minimum Gasteiger partial charge on any atom is -0.357 e. The van der Waals surface area contributed by atoms with Gasteiger partial charge in [-0.25, -0.2) is 0 Å². The van der Waals surface area contributed by atoms with Gasteiger partial charge in [0.15, 0.2) is 5.96 Å². The molecule has 3 rings (SSSR count). The molecule has 2 saturated heterocycles.